The SMILES string of the molecule is CN(c1cc(CCl)cc(C(C)(C)C)n1)c1ccccc1F. The molecule has 0 spiro atoms. The summed E-state index contributed by atoms with van der Waals surface area (Å²) < 4.78 is 13.9. The molecule has 0 unspecified atom stereocenters. The first-order valence-electron chi connectivity index (χ1n) is 6.88. The maximum absolute atomic E-state index is 13.9. The van der Waals surface area contributed by atoms with Crippen LogP contribution in [0.15, 0.2) is 36.4 Å². The van der Waals surface area contributed by atoms with Gasteiger partial charge in [0.25, 0.3) is 0 Å². The number of hydrogen-bond acceptors (Lipinski definition) is 2. The summed E-state index contributed by atoms with van der Waals surface area (Å²) in [5.41, 5.74) is 2.33. The first-order chi connectivity index (χ1) is 9.82. The Morgan fingerprint density at radius 2 is 1.86 bits per heavy atom. The van der Waals surface area contributed by atoms with Crippen molar-refractivity contribution in [3.8, 4) is 0 Å². The molecule has 0 aliphatic carbocycles. The van der Waals surface area contributed by atoms with Crippen molar-refractivity contribution in [1.82, 2.24) is 4.98 Å². The minimum atomic E-state index is -0.268. The van der Waals surface area contributed by atoms with Gasteiger partial charge in [-0.2, -0.15) is 0 Å². The molecule has 0 N–H and O–H groups in total. The molecule has 4 heteroatoms. The highest BCUT2D eigenvalue weighted by molar-refractivity contribution is 6.17. The van der Waals surface area contributed by atoms with Crippen molar-refractivity contribution in [3.63, 3.8) is 0 Å². The summed E-state index contributed by atoms with van der Waals surface area (Å²) in [4.78, 5) is 6.42. The highest BCUT2D eigenvalue weighted by Gasteiger charge is 2.19. The Bertz CT molecular complexity index is 635. The largest absolute Gasteiger partial charge is 0.327 e. The molecule has 0 saturated heterocycles. The van der Waals surface area contributed by atoms with E-state index in [1.165, 1.54) is 6.07 Å². The highest BCUT2D eigenvalue weighted by Crippen LogP contribution is 2.29. The number of nitrogens with zero attached hydrogens (tertiary/aromatic N) is 2. The van der Waals surface area contributed by atoms with Gasteiger partial charge in [-0.1, -0.05) is 32.9 Å². The zero-order chi connectivity index (χ0) is 15.6. The van der Waals surface area contributed by atoms with Crippen LogP contribution in [0.2, 0.25) is 0 Å². The fourth-order valence-electron chi connectivity index (χ4n) is 2.05. The number of rotatable bonds is 3. The molecule has 0 radical (unpaired) electrons. The van der Waals surface area contributed by atoms with Crippen molar-refractivity contribution in [2.45, 2.75) is 32.1 Å². The average Bonchev–Trinajstić information content (AvgIpc) is 2.45. The molecule has 1 aromatic heterocycles. The predicted octanol–water partition coefficient (Wildman–Crippen LogP) is 5.02. The first-order valence-corrected chi connectivity index (χ1v) is 7.42. The molecule has 1 aromatic carbocycles. The topological polar surface area (TPSA) is 16.1 Å². The van der Waals surface area contributed by atoms with E-state index in [0.29, 0.717) is 17.4 Å². The van der Waals surface area contributed by atoms with Gasteiger partial charge >= 0.3 is 0 Å². The Balaban J connectivity index is 2.51. The molecule has 0 atom stereocenters. The number of hydrogen-bond donors (Lipinski definition) is 0. The van der Waals surface area contributed by atoms with Gasteiger partial charge in [0.15, 0.2) is 0 Å². The number of pyridine rings is 1. The van der Waals surface area contributed by atoms with E-state index in [-0.39, 0.29) is 11.2 Å². The first kappa shape index (κ1) is 15.8. The van der Waals surface area contributed by atoms with Crippen molar-refractivity contribution < 1.29 is 4.39 Å². The zero-order valence-corrected chi connectivity index (χ0v) is 13.6. The molecule has 2 rings (SSSR count). The Labute approximate surface area is 130 Å². The Morgan fingerprint density at radius 3 is 2.43 bits per heavy atom. The molecule has 112 valence electrons. The molecular weight excluding hydrogens is 287 g/mol. The van der Waals surface area contributed by atoms with Crippen LogP contribution < -0.4 is 4.90 Å². The van der Waals surface area contributed by atoms with E-state index in [9.17, 15) is 4.39 Å². The Morgan fingerprint density at radius 1 is 1.19 bits per heavy atom. The van der Waals surface area contributed by atoms with Gasteiger partial charge in [0.2, 0.25) is 0 Å². The van der Waals surface area contributed by atoms with Crippen LogP contribution >= 0.6 is 11.6 Å². The summed E-state index contributed by atoms with van der Waals surface area (Å²) in [6, 6.07) is 10.6. The maximum Gasteiger partial charge on any atom is 0.146 e. The van der Waals surface area contributed by atoms with Gasteiger partial charge < -0.3 is 4.90 Å². The molecule has 1 heterocycles. The van der Waals surface area contributed by atoms with Gasteiger partial charge in [-0.25, -0.2) is 9.37 Å². The van der Waals surface area contributed by atoms with E-state index in [1.807, 2.05) is 25.2 Å². The Kier molecular flexibility index (Phi) is 4.52. The standard InChI is InChI=1S/C17H20ClFN2/c1-17(2,3)15-9-12(11-18)10-16(20-15)21(4)14-8-6-5-7-13(14)19/h5-10H,11H2,1-4H3. The van der Waals surface area contributed by atoms with Crippen LogP contribution in [0.5, 0.6) is 0 Å². The second-order valence-electron chi connectivity index (χ2n) is 6.11. The summed E-state index contributed by atoms with van der Waals surface area (Å²) >= 11 is 5.98. The van der Waals surface area contributed by atoms with Crippen LogP contribution in [0.1, 0.15) is 32.0 Å². The van der Waals surface area contributed by atoms with Gasteiger partial charge in [0.05, 0.1) is 5.69 Å². The lowest BCUT2D eigenvalue weighted by Crippen LogP contribution is -2.18. The minimum absolute atomic E-state index is 0.0904. The van der Waals surface area contributed by atoms with Crippen LogP contribution in [0.3, 0.4) is 0 Å². The molecule has 0 aliphatic heterocycles. The van der Waals surface area contributed by atoms with E-state index >= 15 is 0 Å². The smallest absolute Gasteiger partial charge is 0.146 e. The van der Waals surface area contributed by atoms with Gasteiger partial charge in [-0.05, 0) is 29.8 Å². The summed E-state index contributed by atoms with van der Waals surface area (Å²) in [5, 5.41) is 0. The van der Waals surface area contributed by atoms with Crippen molar-refractivity contribution in [2.75, 3.05) is 11.9 Å². The van der Waals surface area contributed by atoms with Gasteiger partial charge in [-0.15, -0.1) is 11.6 Å². The number of alkyl halides is 1. The normalized spacial score (nSPS) is 11.5. The predicted molar refractivity (Wildman–Crippen MR) is 87.0 cm³/mol. The quantitative estimate of drug-likeness (QED) is 0.740. The van der Waals surface area contributed by atoms with E-state index < -0.39 is 0 Å². The van der Waals surface area contributed by atoms with Gasteiger partial charge in [0.1, 0.15) is 11.6 Å². The van der Waals surface area contributed by atoms with E-state index in [4.69, 9.17) is 11.6 Å². The fourth-order valence-corrected chi connectivity index (χ4v) is 2.21. The monoisotopic (exact) mass is 306 g/mol. The molecule has 0 amide bonds. The van der Waals surface area contributed by atoms with E-state index in [2.05, 4.69) is 25.8 Å². The number of halogens is 2. The Hall–Kier alpha value is -1.61. The molecular formula is C17H20ClFN2. The number of aromatic nitrogens is 1. The lowest BCUT2D eigenvalue weighted by molar-refractivity contribution is 0.568. The van der Waals surface area contributed by atoms with Crippen LogP contribution in [0.4, 0.5) is 15.9 Å². The second kappa shape index (κ2) is 6.02. The molecule has 21 heavy (non-hydrogen) atoms. The number of anilines is 2. The van der Waals surface area contributed by atoms with Crippen molar-refractivity contribution in [2.24, 2.45) is 0 Å². The fraction of sp³-hybridized carbons (Fsp3) is 0.353. The number of benzene rings is 1. The van der Waals surface area contributed by atoms with E-state index in [1.54, 1.807) is 17.0 Å². The third-order valence-electron chi connectivity index (χ3n) is 3.35. The molecule has 0 saturated carbocycles. The van der Waals surface area contributed by atoms with E-state index in [0.717, 1.165) is 11.3 Å². The molecule has 2 nitrogen and oxygen atoms in total. The van der Waals surface area contributed by atoms with Gasteiger partial charge in [-0.3, -0.25) is 0 Å². The van der Waals surface area contributed by atoms with Crippen LogP contribution in [0.25, 0.3) is 0 Å². The lowest BCUT2D eigenvalue weighted by Gasteiger charge is -2.24. The summed E-state index contributed by atoms with van der Waals surface area (Å²) in [7, 11) is 1.81. The summed E-state index contributed by atoms with van der Waals surface area (Å²) in [6.45, 7) is 6.29. The summed E-state index contributed by atoms with van der Waals surface area (Å²) in [5.74, 6) is 0.836. The second-order valence-corrected chi connectivity index (χ2v) is 6.38. The van der Waals surface area contributed by atoms with Crippen molar-refractivity contribution >= 4 is 23.1 Å². The molecule has 2 aromatic rings. The van der Waals surface area contributed by atoms with Crippen LogP contribution in [-0.2, 0) is 11.3 Å². The third-order valence-corrected chi connectivity index (χ3v) is 3.66. The molecule has 0 aliphatic rings. The third kappa shape index (κ3) is 3.53. The molecule has 0 bridgehead atoms. The average molecular weight is 307 g/mol. The molecule has 0 fully saturated rings. The van der Waals surface area contributed by atoms with Crippen LogP contribution in [0, 0.1) is 5.82 Å². The summed E-state index contributed by atoms with van der Waals surface area (Å²) in [6.07, 6.45) is 0. The highest BCUT2D eigenvalue weighted by atomic mass is 35.5. The van der Waals surface area contributed by atoms with Crippen molar-refractivity contribution in [1.29, 1.82) is 0 Å². The number of para-hydroxylation sites is 1. The lowest BCUT2D eigenvalue weighted by atomic mass is 9.91. The minimum Gasteiger partial charge on any atom is -0.327 e. The van der Waals surface area contributed by atoms with Gasteiger partial charge in [0, 0.05) is 24.0 Å². The maximum atomic E-state index is 13.9. The zero-order valence-electron chi connectivity index (χ0n) is 12.8. The van der Waals surface area contributed by atoms with Crippen molar-refractivity contribution in [3.05, 3.63) is 53.5 Å². The van der Waals surface area contributed by atoms with Crippen LogP contribution in [-0.4, -0.2) is 12.0 Å².